The van der Waals surface area contributed by atoms with Gasteiger partial charge < -0.3 is 10.1 Å². The number of carbonyl (C=O) groups excluding carboxylic acids is 1. The van der Waals surface area contributed by atoms with Gasteiger partial charge in [0.1, 0.15) is 0 Å². The van der Waals surface area contributed by atoms with Crippen LogP contribution in [0.2, 0.25) is 0 Å². The zero-order valence-electron chi connectivity index (χ0n) is 8.84. The van der Waals surface area contributed by atoms with Crippen molar-refractivity contribution >= 4 is 33.6 Å². The summed E-state index contributed by atoms with van der Waals surface area (Å²) in [4.78, 5) is 11.6. The van der Waals surface area contributed by atoms with Crippen LogP contribution in [-0.4, -0.2) is 42.5 Å². The van der Waals surface area contributed by atoms with Gasteiger partial charge in [-0.05, 0) is 18.6 Å². The number of ether oxygens (including phenoxy) is 1. The quantitative estimate of drug-likeness (QED) is 0.573. The Balaban J connectivity index is 1.92. The average Bonchev–Trinajstić information content (AvgIpc) is 2.76. The Morgan fingerprint density at radius 2 is 2.40 bits per heavy atom. The Morgan fingerprint density at radius 3 is 3.07 bits per heavy atom. The fraction of sp³-hybridized carbons (Fsp3) is 0.900. The predicted molar refractivity (Wildman–Crippen MR) is 67.7 cm³/mol. The van der Waals surface area contributed by atoms with Gasteiger partial charge in [-0.15, -0.1) is 0 Å². The lowest BCUT2D eigenvalue weighted by atomic mass is 10.1. The van der Waals surface area contributed by atoms with Gasteiger partial charge in [0.2, 0.25) is 5.91 Å². The molecule has 1 amide bonds. The van der Waals surface area contributed by atoms with Crippen molar-refractivity contribution in [2.45, 2.75) is 12.8 Å². The molecule has 1 saturated heterocycles. The smallest absolute Gasteiger partial charge is 0.223 e. The standard InChI is InChI=1S/C10H18BrNO2S/c11-3-6-14-5-1-4-12-10(13)9-2-7-15-8-9/h9H,1-8H2,(H,12,13). The van der Waals surface area contributed by atoms with E-state index in [2.05, 4.69) is 21.2 Å². The molecular formula is C10H18BrNO2S. The number of amides is 1. The molecule has 0 aliphatic carbocycles. The highest BCUT2D eigenvalue weighted by molar-refractivity contribution is 9.09. The number of hydrogen-bond donors (Lipinski definition) is 1. The summed E-state index contributed by atoms with van der Waals surface area (Å²) in [7, 11) is 0. The molecule has 1 heterocycles. The van der Waals surface area contributed by atoms with Crippen LogP contribution in [-0.2, 0) is 9.53 Å². The Kier molecular flexibility index (Phi) is 7.48. The molecule has 15 heavy (non-hydrogen) atoms. The minimum absolute atomic E-state index is 0.223. The van der Waals surface area contributed by atoms with Crippen molar-refractivity contribution < 1.29 is 9.53 Å². The maximum atomic E-state index is 11.6. The third-order valence-corrected chi connectivity index (χ3v) is 3.77. The molecule has 1 atom stereocenters. The first-order valence-electron chi connectivity index (χ1n) is 5.33. The highest BCUT2D eigenvalue weighted by Crippen LogP contribution is 2.23. The maximum absolute atomic E-state index is 11.6. The number of alkyl halides is 1. The van der Waals surface area contributed by atoms with Crippen molar-refractivity contribution in [1.29, 1.82) is 0 Å². The number of rotatable bonds is 7. The van der Waals surface area contributed by atoms with E-state index in [1.165, 1.54) is 0 Å². The summed E-state index contributed by atoms with van der Waals surface area (Å²) in [5, 5.41) is 3.83. The molecule has 0 bridgehead atoms. The number of halogens is 1. The Morgan fingerprint density at radius 1 is 1.53 bits per heavy atom. The third-order valence-electron chi connectivity index (χ3n) is 2.29. The lowest BCUT2D eigenvalue weighted by Gasteiger charge is -2.09. The summed E-state index contributed by atoms with van der Waals surface area (Å²) in [6.45, 7) is 2.21. The van der Waals surface area contributed by atoms with Crippen LogP contribution >= 0.6 is 27.7 Å². The van der Waals surface area contributed by atoms with Crippen LogP contribution in [0.25, 0.3) is 0 Å². The highest BCUT2D eigenvalue weighted by Gasteiger charge is 2.22. The van der Waals surface area contributed by atoms with E-state index in [4.69, 9.17) is 4.74 Å². The Labute approximate surface area is 104 Å². The van der Waals surface area contributed by atoms with Crippen LogP contribution in [0.1, 0.15) is 12.8 Å². The van der Waals surface area contributed by atoms with Gasteiger partial charge in [-0.1, -0.05) is 15.9 Å². The molecule has 1 unspecified atom stereocenters. The highest BCUT2D eigenvalue weighted by atomic mass is 79.9. The lowest BCUT2D eigenvalue weighted by molar-refractivity contribution is -0.124. The van der Waals surface area contributed by atoms with Crippen LogP contribution in [0.15, 0.2) is 0 Å². The Hall–Kier alpha value is 0.260. The molecule has 88 valence electrons. The summed E-state index contributed by atoms with van der Waals surface area (Å²) in [6, 6.07) is 0. The van der Waals surface area contributed by atoms with Crippen LogP contribution in [0.5, 0.6) is 0 Å². The zero-order valence-corrected chi connectivity index (χ0v) is 11.2. The average molecular weight is 296 g/mol. The van der Waals surface area contributed by atoms with Crippen molar-refractivity contribution in [3.63, 3.8) is 0 Å². The molecule has 0 radical (unpaired) electrons. The minimum atomic E-state index is 0.223. The second kappa shape index (κ2) is 8.42. The monoisotopic (exact) mass is 295 g/mol. The largest absolute Gasteiger partial charge is 0.381 e. The third kappa shape index (κ3) is 5.78. The topological polar surface area (TPSA) is 38.3 Å². The SMILES string of the molecule is O=C(NCCCOCCBr)C1CCSC1. The van der Waals surface area contributed by atoms with Crippen LogP contribution in [0.3, 0.4) is 0 Å². The molecule has 1 fully saturated rings. The molecule has 0 aromatic carbocycles. The van der Waals surface area contributed by atoms with Crippen LogP contribution < -0.4 is 5.32 Å². The summed E-state index contributed by atoms with van der Waals surface area (Å²) in [5.41, 5.74) is 0. The van der Waals surface area contributed by atoms with Gasteiger partial charge in [0.05, 0.1) is 6.61 Å². The first kappa shape index (κ1) is 13.3. The van der Waals surface area contributed by atoms with Crippen molar-refractivity contribution in [2.24, 2.45) is 5.92 Å². The minimum Gasteiger partial charge on any atom is -0.381 e. The fourth-order valence-electron chi connectivity index (χ4n) is 1.43. The molecule has 1 rings (SSSR count). The van der Waals surface area contributed by atoms with Crippen molar-refractivity contribution in [3.8, 4) is 0 Å². The van der Waals surface area contributed by atoms with Crippen molar-refractivity contribution in [3.05, 3.63) is 0 Å². The first-order valence-corrected chi connectivity index (χ1v) is 7.61. The van der Waals surface area contributed by atoms with Gasteiger partial charge in [0.15, 0.2) is 0 Å². The van der Waals surface area contributed by atoms with Crippen LogP contribution in [0, 0.1) is 5.92 Å². The number of hydrogen-bond acceptors (Lipinski definition) is 3. The molecule has 0 aromatic rings. The summed E-state index contributed by atoms with van der Waals surface area (Å²) in [5.74, 6) is 2.59. The molecule has 5 heteroatoms. The number of nitrogens with one attached hydrogen (secondary N) is 1. The van der Waals surface area contributed by atoms with E-state index in [0.717, 1.165) is 49.4 Å². The lowest BCUT2D eigenvalue weighted by Crippen LogP contribution is -2.31. The van der Waals surface area contributed by atoms with E-state index in [-0.39, 0.29) is 11.8 Å². The summed E-state index contributed by atoms with van der Waals surface area (Å²) < 4.78 is 5.29. The van der Waals surface area contributed by atoms with Crippen LogP contribution in [0.4, 0.5) is 0 Å². The van der Waals surface area contributed by atoms with E-state index >= 15 is 0 Å². The molecule has 1 N–H and O–H groups in total. The van der Waals surface area contributed by atoms with E-state index in [9.17, 15) is 4.79 Å². The van der Waals surface area contributed by atoms with E-state index < -0.39 is 0 Å². The summed E-state index contributed by atoms with van der Waals surface area (Å²) in [6.07, 6.45) is 1.94. The maximum Gasteiger partial charge on any atom is 0.223 e. The molecular weight excluding hydrogens is 278 g/mol. The molecule has 0 aromatic heterocycles. The van der Waals surface area contributed by atoms with E-state index in [1.807, 2.05) is 11.8 Å². The Bertz CT molecular complexity index is 186. The molecule has 0 saturated carbocycles. The van der Waals surface area contributed by atoms with Gasteiger partial charge in [0, 0.05) is 30.2 Å². The van der Waals surface area contributed by atoms with Crippen molar-refractivity contribution in [1.82, 2.24) is 5.32 Å². The van der Waals surface area contributed by atoms with Gasteiger partial charge in [-0.2, -0.15) is 11.8 Å². The molecule has 1 aliphatic heterocycles. The zero-order chi connectivity index (χ0) is 10.9. The predicted octanol–water partition coefficient (Wildman–Crippen LogP) is 1.66. The second-order valence-corrected chi connectivity index (χ2v) is 5.45. The van der Waals surface area contributed by atoms with E-state index in [1.54, 1.807) is 0 Å². The number of carbonyl (C=O) groups is 1. The van der Waals surface area contributed by atoms with Crippen molar-refractivity contribution in [2.75, 3.05) is 36.6 Å². The van der Waals surface area contributed by atoms with E-state index in [0.29, 0.717) is 0 Å². The fourth-order valence-corrected chi connectivity index (χ4v) is 2.88. The van der Waals surface area contributed by atoms with Gasteiger partial charge in [-0.25, -0.2) is 0 Å². The molecule has 3 nitrogen and oxygen atoms in total. The van der Waals surface area contributed by atoms with Gasteiger partial charge >= 0.3 is 0 Å². The normalized spacial score (nSPS) is 20.5. The number of thioether (sulfide) groups is 1. The summed E-state index contributed by atoms with van der Waals surface area (Å²) >= 11 is 5.16. The van der Waals surface area contributed by atoms with Gasteiger partial charge in [-0.3, -0.25) is 4.79 Å². The molecule has 0 spiro atoms. The first-order chi connectivity index (χ1) is 7.34. The second-order valence-electron chi connectivity index (χ2n) is 3.51. The van der Waals surface area contributed by atoms with Gasteiger partial charge in [0.25, 0.3) is 0 Å². The molecule has 1 aliphatic rings.